The Balaban J connectivity index is 1.83. The second-order valence-corrected chi connectivity index (χ2v) is 6.75. The summed E-state index contributed by atoms with van der Waals surface area (Å²) in [7, 11) is 4.01. The zero-order valence-corrected chi connectivity index (χ0v) is 15.2. The van der Waals surface area contributed by atoms with Crippen LogP contribution in [0.5, 0.6) is 5.75 Å². The van der Waals surface area contributed by atoms with Crippen LogP contribution in [0.1, 0.15) is 0 Å². The van der Waals surface area contributed by atoms with Gasteiger partial charge in [-0.05, 0) is 41.0 Å². The van der Waals surface area contributed by atoms with Crippen molar-refractivity contribution in [3.05, 3.63) is 83.2 Å². The fourth-order valence-electron chi connectivity index (χ4n) is 3.29. The third kappa shape index (κ3) is 3.06. The first-order chi connectivity index (χ1) is 13.0. The van der Waals surface area contributed by atoms with E-state index in [4.69, 9.17) is 0 Å². The number of aromatic nitrogens is 1. The maximum absolute atomic E-state index is 12.6. The highest BCUT2D eigenvalue weighted by Gasteiger charge is 2.14. The minimum absolute atomic E-state index is 0.00876. The molecule has 1 heterocycles. The Morgan fingerprint density at radius 3 is 2.15 bits per heavy atom. The number of anilines is 1. The number of aromatic amines is 1. The van der Waals surface area contributed by atoms with Crippen LogP contribution in [-0.2, 0) is 0 Å². The molecule has 2 N–H and O–H groups in total. The molecule has 0 bridgehead atoms. The molecule has 4 rings (SSSR count). The minimum Gasteiger partial charge on any atom is -0.506 e. The van der Waals surface area contributed by atoms with E-state index in [0.29, 0.717) is 22.0 Å². The van der Waals surface area contributed by atoms with Crippen LogP contribution in [0.25, 0.3) is 33.2 Å². The molecule has 0 atom stereocenters. The van der Waals surface area contributed by atoms with Gasteiger partial charge in [-0.1, -0.05) is 48.5 Å². The van der Waals surface area contributed by atoms with Gasteiger partial charge in [0.05, 0.1) is 11.1 Å². The zero-order chi connectivity index (χ0) is 19.0. The van der Waals surface area contributed by atoms with Crippen LogP contribution in [0.2, 0.25) is 0 Å². The Labute approximate surface area is 157 Å². The van der Waals surface area contributed by atoms with Crippen molar-refractivity contribution in [2.75, 3.05) is 19.0 Å². The van der Waals surface area contributed by atoms with Gasteiger partial charge in [0.25, 0.3) is 5.56 Å². The predicted molar refractivity (Wildman–Crippen MR) is 111 cm³/mol. The Bertz CT molecular complexity index is 1160. The molecule has 0 radical (unpaired) electrons. The zero-order valence-electron chi connectivity index (χ0n) is 15.2. The standard InChI is InChI=1S/C23H20N2O2/c1-25(2)18-11-8-15(9-12-18)17-10-13-19-20(14-17)24-23(27)21(22(19)26)16-6-4-3-5-7-16/h3-14H,1-2H3,(H2,24,26,27). The number of pyridine rings is 1. The van der Waals surface area contributed by atoms with Gasteiger partial charge < -0.3 is 15.0 Å². The lowest BCUT2D eigenvalue weighted by atomic mass is 10.00. The summed E-state index contributed by atoms with van der Waals surface area (Å²) in [5.74, 6) is 0.00876. The quantitative estimate of drug-likeness (QED) is 0.562. The molecule has 0 saturated heterocycles. The van der Waals surface area contributed by atoms with Crippen LogP contribution < -0.4 is 10.5 Å². The third-order valence-corrected chi connectivity index (χ3v) is 4.77. The van der Waals surface area contributed by atoms with E-state index >= 15 is 0 Å². The number of fused-ring (bicyclic) bond motifs is 1. The molecule has 27 heavy (non-hydrogen) atoms. The van der Waals surface area contributed by atoms with Gasteiger partial charge in [0, 0.05) is 25.2 Å². The number of aromatic hydroxyl groups is 1. The van der Waals surface area contributed by atoms with Crippen molar-refractivity contribution in [3.63, 3.8) is 0 Å². The van der Waals surface area contributed by atoms with Crippen LogP contribution in [0.15, 0.2) is 77.6 Å². The average Bonchev–Trinajstić information content (AvgIpc) is 2.68. The van der Waals surface area contributed by atoms with E-state index in [-0.39, 0.29) is 11.3 Å². The highest BCUT2D eigenvalue weighted by atomic mass is 16.3. The third-order valence-electron chi connectivity index (χ3n) is 4.77. The number of nitrogens with zero attached hydrogens (tertiary/aromatic N) is 1. The molecule has 4 heteroatoms. The van der Waals surface area contributed by atoms with Crippen molar-refractivity contribution in [3.8, 4) is 28.0 Å². The number of rotatable bonds is 3. The van der Waals surface area contributed by atoms with E-state index in [9.17, 15) is 9.90 Å². The molecular formula is C23H20N2O2. The SMILES string of the molecule is CN(C)c1ccc(-c2ccc3c(O)c(-c4ccccc4)c(=O)[nH]c3c2)cc1. The molecule has 0 unspecified atom stereocenters. The lowest BCUT2D eigenvalue weighted by Gasteiger charge is -2.13. The Morgan fingerprint density at radius 1 is 0.815 bits per heavy atom. The fraction of sp³-hybridized carbons (Fsp3) is 0.0870. The second kappa shape index (κ2) is 6.65. The lowest BCUT2D eigenvalue weighted by molar-refractivity contribution is 0.482. The molecule has 3 aromatic carbocycles. The number of nitrogens with one attached hydrogen (secondary N) is 1. The first kappa shape index (κ1) is 16.9. The maximum atomic E-state index is 12.6. The first-order valence-corrected chi connectivity index (χ1v) is 8.77. The van der Waals surface area contributed by atoms with E-state index in [2.05, 4.69) is 17.1 Å². The number of hydrogen-bond acceptors (Lipinski definition) is 3. The summed E-state index contributed by atoms with van der Waals surface area (Å²) in [5.41, 5.74) is 4.47. The molecule has 1 aromatic heterocycles. The van der Waals surface area contributed by atoms with Crippen LogP contribution in [-0.4, -0.2) is 24.2 Å². The molecule has 0 amide bonds. The Hall–Kier alpha value is -3.53. The summed E-state index contributed by atoms with van der Waals surface area (Å²) in [6.45, 7) is 0. The van der Waals surface area contributed by atoms with Crippen LogP contribution in [0.3, 0.4) is 0 Å². The molecular weight excluding hydrogens is 336 g/mol. The molecule has 0 fully saturated rings. The van der Waals surface area contributed by atoms with E-state index in [1.54, 1.807) is 0 Å². The second-order valence-electron chi connectivity index (χ2n) is 6.75. The summed E-state index contributed by atoms with van der Waals surface area (Å²) < 4.78 is 0. The van der Waals surface area contributed by atoms with E-state index in [0.717, 1.165) is 16.8 Å². The minimum atomic E-state index is -0.300. The summed E-state index contributed by atoms with van der Waals surface area (Å²) >= 11 is 0. The van der Waals surface area contributed by atoms with Crippen molar-refractivity contribution in [1.82, 2.24) is 4.98 Å². The van der Waals surface area contributed by atoms with Gasteiger partial charge in [-0.2, -0.15) is 0 Å². The van der Waals surface area contributed by atoms with Gasteiger partial charge >= 0.3 is 0 Å². The van der Waals surface area contributed by atoms with Gasteiger partial charge in [-0.3, -0.25) is 4.79 Å². The highest BCUT2D eigenvalue weighted by molar-refractivity contribution is 5.94. The molecule has 4 nitrogen and oxygen atoms in total. The van der Waals surface area contributed by atoms with Crippen molar-refractivity contribution in [2.45, 2.75) is 0 Å². The maximum Gasteiger partial charge on any atom is 0.260 e. The van der Waals surface area contributed by atoms with E-state index < -0.39 is 0 Å². The summed E-state index contributed by atoms with van der Waals surface area (Å²) in [6, 6.07) is 23.1. The highest BCUT2D eigenvalue weighted by Crippen LogP contribution is 2.34. The lowest BCUT2D eigenvalue weighted by Crippen LogP contribution is -2.09. The molecule has 0 aliphatic carbocycles. The van der Waals surface area contributed by atoms with Crippen molar-refractivity contribution in [2.24, 2.45) is 0 Å². The average molecular weight is 356 g/mol. The Morgan fingerprint density at radius 2 is 1.48 bits per heavy atom. The van der Waals surface area contributed by atoms with Crippen molar-refractivity contribution < 1.29 is 5.11 Å². The van der Waals surface area contributed by atoms with Crippen LogP contribution in [0.4, 0.5) is 5.69 Å². The summed E-state index contributed by atoms with van der Waals surface area (Å²) in [5, 5.41) is 11.3. The van der Waals surface area contributed by atoms with Crippen molar-refractivity contribution >= 4 is 16.6 Å². The first-order valence-electron chi connectivity index (χ1n) is 8.77. The largest absolute Gasteiger partial charge is 0.506 e. The van der Waals surface area contributed by atoms with E-state index in [1.165, 1.54) is 0 Å². The molecule has 0 aliphatic heterocycles. The normalized spacial score (nSPS) is 10.9. The number of benzene rings is 3. The van der Waals surface area contributed by atoms with Crippen LogP contribution >= 0.6 is 0 Å². The van der Waals surface area contributed by atoms with Crippen LogP contribution in [0, 0.1) is 0 Å². The smallest absolute Gasteiger partial charge is 0.260 e. The summed E-state index contributed by atoms with van der Waals surface area (Å²) in [4.78, 5) is 17.6. The summed E-state index contributed by atoms with van der Waals surface area (Å²) in [6.07, 6.45) is 0. The predicted octanol–water partition coefficient (Wildman–Crippen LogP) is 4.63. The van der Waals surface area contributed by atoms with Gasteiger partial charge in [0.2, 0.25) is 0 Å². The van der Waals surface area contributed by atoms with Gasteiger partial charge in [0.1, 0.15) is 5.75 Å². The number of hydrogen-bond donors (Lipinski definition) is 2. The van der Waals surface area contributed by atoms with Gasteiger partial charge in [-0.25, -0.2) is 0 Å². The molecule has 4 aromatic rings. The fourth-order valence-corrected chi connectivity index (χ4v) is 3.29. The molecule has 0 spiro atoms. The molecule has 134 valence electrons. The van der Waals surface area contributed by atoms with Crippen molar-refractivity contribution in [1.29, 1.82) is 0 Å². The van der Waals surface area contributed by atoms with Gasteiger partial charge in [-0.15, -0.1) is 0 Å². The number of H-pyrrole nitrogens is 1. The monoisotopic (exact) mass is 356 g/mol. The van der Waals surface area contributed by atoms with Gasteiger partial charge in [0.15, 0.2) is 0 Å². The molecule has 0 aliphatic rings. The topological polar surface area (TPSA) is 56.3 Å². The molecule has 0 saturated carbocycles. The van der Waals surface area contributed by atoms with E-state index in [1.807, 2.05) is 79.7 Å². The Kier molecular flexibility index (Phi) is 4.16.